The number of rotatable bonds is 5. The predicted octanol–water partition coefficient (Wildman–Crippen LogP) is 2.21. The number of ether oxygens (including phenoxy) is 1. The molecule has 2 saturated heterocycles. The van der Waals surface area contributed by atoms with Crippen molar-refractivity contribution in [2.45, 2.75) is 33.3 Å². The second kappa shape index (κ2) is 10.8. The SMILES string of the molecule is Cc1cccc(C(=O)N2CCCN(C(=O)NCC3CN(CC(C)C)CCO3)CC2)c1. The fourth-order valence-corrected chi connectivity index (χ4v) is 4.18. The summed E-state index contributed by atoms with van der Waals surface area (Å²) in [4.78, 5) is 31.6. The van der Waals surface area contributed by atoms with Gasteiger partial charge in [-0.25, -0.2) is 4.79 Å². The minimum atomic E-state index is -0.0653. The van der Waals surface area contributed by atoms with E-state index in [1.54, 1.807) is 0 Å². The van der Waals surface area contributed by atoms with Gasteiger partial charge >= 0.3 is 6.03 Å². The van der Waals surface area contributed by atoms with Crippen molar-refractivity contribution in [3.05, 3.63) is 35.4 Å². The molecule has 2 aliphatic rings. The van der Waals surface area contributed by atoms with E-state index in [1.807, 2.05) is 41.0 Å². The van der Waals surface area contributed by atoms with Crippen LogP contribution in [0.5, 0.6) is 0 Å². The molecule has 0 spiro atoms. The van der Waals surface area contributed by atoms with Crippen molar-refractivity contribution in [1.82, 2.24) is 20.0 Å². The monoisotopic (exact) mass is 416 g/mol. The van der Waals surface area contributed by atoms with E-state index in [-0.39, 0.29) is 18.0 Å². The van der Waals surface area contributed by atoms with Crippen molar-refractivity contribution in [2.24, 2.45) is 5.92 Å². The lowest BCUT2D eigenvalue weighted by atomic mass is 10.1. The molecule has 1 N–H and O–H groups in total. The Kier molecular flexibility index (Phi) is 8.10. The highest BCUT2D eigenvalue weighted by Gasteiger charge is 2.25. The zero-order chi connectivity index (χ0) is 21.5. The number of morpholine rings is 1. The van der Waals surface area contributed by atoms with Crippen molar-refractivity contribution in [1.29, 1.82) is 0 Å². The van der Waals surface area contributed by atoms with Gasteiger partial charge in [0, 0.05) is 57.9 Å². The minimum absolute atomic E-state index is 0.0350. The third-order valence-electron chi connectivity index (χ3n) is 5.66. The lowest BCUT2D eigenvalue weighted by Gasteiger charge is -2.34. The molecule has 30 heavy (non-hydrogen) atoms. The molecule has 0 saturated carbocycles. The van der Waals surface area contributed by atoms with Gasteiger partial charge in [0.05, 0.1) is 12.7 Å². The maximum Gasteiger partial charge on any atom is 0.317 e. The number of hydrogen-bond donors (Lipinski definition) is 1. The molecular formula is C23H36N4O3. The van der Waals surface area contributed by atoms with Crippen LogP contribution < -0.4 is 5.32 Å². The summed E-state index contributed by atoms with van der Waals surface area (Å²) in [5, 5.41) is 3.04. The van der Waals surface area contributed by atoms with E-state index >= 15 is 0 Å². The van der Waals surface area contributed by atoms with Gasteiger partial charge in [-0.1, -0.05) is 31.5 Å². The molecule has 1 unspecified atom stereocenters. The summed E-state index contributed by atoms with van der Waals surface area (Å²) in [6.45, 7) is 13.0. The van der Waals surface area contributed by atoms with Gasteiger partial charge in [-0.2, -0.15) is 0 Å². The van der Waals surface area contributed by atoms with Crippen LogP contribution in [-0.2, 0) is 4.74 Å². The Morgan fingerprint density at radius 3 is 2.67 bits per heavy atom. The summed E-state index contributed by atoms with van der Waals surface area (Å²) in [6.07, 6.45) is 0.820. The number of carbonyl (C=O) groups excluding carboxylic acids is 2. The molecule has 0 bridgehead atoms. The first-order valence-corrected chi connectivity index (χ1v) is 11.1. The molecule has 1 aromatic carbocycles. The fraction of sp³-hybridized carbons (Fsp3) is 0.652. The topological polar surface area (TPSA) is 65.1 Å². The zero-order valence-electron chi connectivity index (χ0n) is 18.6. The van der Waals surface area contributed by atoms with Crippen LogP contribution in [0.4, 0.5) is 4.79 Å². The van der Waals surface area contributed by atoms with Crippen LogP contribution in [-0.4, -0.2) is 91.7 Å². The number of amides is 3. The summed E-state index contributed by atoms with van der Waals surface area (Å²) in [5.74, 6) is 0.669. The quantitative estimate of drug-likeness (QED) is 0.799. The van der Waals surface area contributed by atoms with E-state index in [1.165, 1.54) is 0 Å². The highest BCUT2D eigenvalue weighted by molar-refractivity contribution is 5.94. The summed E-state index contributed by atoms with van der Waals surface area (Å²) in [7, 11) is 0. The van der Waals surface area contributed by atoms with Gasteiger partial charge in [0.25, 0.3) is 5.91 Å². The van der Waals surface area contributed by atoms with Crippen molar-refractivity contribution < 1.29 is 14.3 Å². The van der Waals surface area contributed by atoms with E-state index in [2.05, 4.69) is 24.1 Å². The predicted molar refractivity (Wildman–Crippen MR) is 118 cm³/mol. The van der Waals surface area contributed by atoms with Crippen LogP contribution in [0.1, 0.15) is 36.2 Å². The highest BCUT2D eigenvalue weighted by atomic mass is 16.5. The summed E-state index contributed by atoms with van der Waals surface area (Å²) in [6, 6.07) is 7.62. The number of carbonyl (C=O) groups is 2. The van der Waals surface area contributed by atoms with E-state index in [0.29, 0.717) is 50.8 Å². The molecule has 0 aromatic heterocycles. The van der Waals surface area contributed by atoms with Crippen molar-refractivity contribution in [3.63, 3.8) is 0 Å². The van der Waals surface area contributed by atoms with Gasteiger partial charge in [0.15, 0.2) is 0 Å². The van der Waals surface area contributed by atoms with E-state index in [9.17, 15) is 9.59 Å². The van der Waals surface area contributed by atoms with Crippen LogP contribution in [0.15, 0.2) is 24.3 Å². The molecule has 166 valence electrons. The Balaban J connectivity index is 1.45. The Morgan fingerprint density at radius 1 is 1.13 bits per heavy atom. The molecule has 2 fully saturated rings. The third kappa shape index (κ3) is 6.44. The average molecular weight is 417 g/mol. The maximum absolute atomic E-state index is 12.8. The summed E-state index contributed by atoms with van der Waals surface area (Å²) in [5.41, 5.74) is 1.79. The number of nitrogens with one attached hydrogen (secondary N) is 1. The van der Waals surface area contributed by atoms with Gasteiger partial charge in [-0.3, -0.25) is 9.69 Å². The molecule has 1 aromatic rings. The molecule has 1 atom stereocenters. The van der Waals surface area contributed by atoms with E-state index in [0.717, 1.165) is 31.6 Å². The van der Waals surface area contributed by atoms with Gasteiger partial charge in [-0.05, 0) is 31.4 Å². The van der Waals surface area contributed by atoms with Gasteiger partial charge in [-0.15, -0.1) is 0 Å². The van der Waals surface area contributed by atoms with Crippen LogP contribution >= 0.6 is 0 Å². The number of hydrogen-bond acceptors (Lipinski definition) is 4. The van der Waals surface area contributed by atoms with E-state index in [4.69, 9.17) is 4.74 Å². The number of aryl methyl sites for hydroxylation is 1. The molecule has 7 heteroatoms. The first kappa shape index (κ1) is 22.6. The van der Waals surface area contributed by atoms with Crippen molar-refractivity contribution >= 4 is 11.9 Å². The minimum Gasteiger partial charge on any atom is -0.374 e. The lowest BCUT2D eigenvalue weighted by molar-refractivity contribution is -0.0294. The van der Waals surface area contributed by atoms with Gasteiger partial charge < -0.3 is 19.9 Å². The largest absolute Gasteiger partial charge is 0.374 e. The molecule has 3 rings (SSSR count). The van der Waals surface area contributed by atoms with E-state index < -0.39 is 0 Å². The van der Waals surface area contributed by atoms with Crippen molar-refractivity contribution in [3.8, 4) is 0 Å². The molecule has 2 aliphatic heterocycles. The molecule has 3 amide bonds. The Labute approximate surface area is 180 Å². The standard InChI is InChI=1S/C23H36N4O3/c1-18(2)16-25-12-13-30-21(17-25)15-24-23(29)27-9-5-8-26(10-11-27)22(28)20-7-4-6-19(3)14-20/h4,6-7,14,18,21H,5,8-13,15-17H2,1-3H3,(H,24,29). The van der Waals surface area contributed by atoms with Crippen molar-refractivity contribution in [2.75, 3.05) is 59.0 Å². The normalized spacial score (nSPS) is 20.9. The second-order valence-electron chi connectivity index (χ2n) is 8.83. The molecule has 7 nitrogen and oxygen atoms in total. The smallest absolute Gasteiger partial charge is 0.317 e. The molecule has 0 radical (unpaired) electrons. The zero-order valence-corrected chi connectivity index (χ0v) is 18.6. The Hall–Kier alpha value is -2.12. The first-order chi connectivity index (χ1) is 14.4. The Morgan fingerprint density at radius 2 is 1.90 bits per heavy atom. The molecular weight excluding hydrogens is 380 g/mol. The van der Waals surface area contributed by atoms with Gasteiger partial charge in [0.2, 0.25) is 0 Å². The highest BCUT2D eigenvalue weighted by Crippen LogP contribution is 2.12. The number of urea groups is 1. The lowest BCUT2D eigenvalue weighted by Crippen LogP contribution is -2.50. The van der Waals surface area contributed by atoms with Crippen LogP contribution in [0.3, 0.4) is 0 Å². The number of nitrogens with zero attached hydrogens (tertiary/aromatic N) is 3. The summed E-state index contributed by atoms with van der Waals surface area (Å²) < 4.78 is 5.83. The maximum atomic E-state index is 12.8. The van der Waals surface area contributed by atoms with Crippen LogP contribution in [0.25, 0.3) is 0 Å². The van der Waals surface area contributed by atoms with Crippen LogP contribution in [0, 0.1) is 12.8 Å². The molecule has 0 aliphatic carbocycles. The van der Waals surface area contributed by atoms with Crippen LogP contribution in [0.2, 0.25) is 0 Å². The fourth-order valence-electron chi connectivity index (χ4n) is 4.18. The number of benzene rings is 1. The Bertz CT molecular complexity index is 724. The third-order valence-corrected chi connectivity index (χ3v) is 5.66. The summed E-state index contributed by atoms with van der Waals surface area (Å²) >= 11 is 0. The average Bonchev–Trinajstić information content (AvgIpc) is 2.97. The van der Waals surface area contributed by atoms with Gasteiger partial charge in [0.1, 0.15) is 0 Å². The second-order valence-corrected chi connectivity index (χ2v) is 8.83. The first-order valence-electron chi connectivity index (χ1n) is 11.1. The molecule has 2 heterocycles.